The molecule has 0 atom stereocenters. The van der Waals surface area contributed by atoms with Gasteiger partial charge in [-0.3, -0.25) is 9.59 Å². The summed E-state index contributed by atoms with van der Waals surface area (Å²) in [6.45, 7) is 1.36. The van der Waals surface area contributed by atoms with Gasteiger partial charge in [0.1, 0.15) is 5.75 Å². The van der Waals surface area contributed by atoms with Crippen molar-refractivity contribution in [3.63, 3.8) is 0 Å². The molecule has 5 heteroatoms. The van der Waals surface area contributed by atoms with E-state index in [2.05, 4.69) is 4.98 Å². The fourth-order valence-corrected chi connectivity index (χ4v) is 2.78. The number of piperidine rings is 1. The summed E-state index contributed by atoms with van der Waals surface area (Å²) in [5.74, 6) is -0.120. The van der Waals surface area contributed by atoms with Crippen LogP contribution in [0.2, 0.25) is 0 Å². The summed E-state index contributed by atoms with van der Waals surface area (Å²) < 4.78 is 5.15. The zero-order chi connectivity index (χ0) is 14.8. The number of Topliss-reactive ketones (excluding diaryl/α,β-unsaturated/α-hetero) is 1. The molecule has 0 saturated carbocycles. The lowest BCUT2D eigenvalue weighted by atomic mass is 10.1. The number of carbonyl (C=O) groups is 2. The van der Waals surface area contributed by atoms with Gasteiger partial charge in [-0.2, -0.15) is 0 Å². The Morgan fingerprint density at radius 1 is 1.19 bits per heavy atom. The number of hydrogen-bond donors (Lipinski definition) is 1. The number of amides is 1. The van der Waals surface area contributed by atoms with E-state index in [1.807, 2.05) is 6.07 Å². The normalized spacial score (nSPS) is 15.2. The summed E-state index contributed by atoms with van der Waals surface area (Å²) in [5.41, 5.74) is 1.23. The van der Waals surface area contributed by atoms with Crippen molar-refractivity contribution in [2.24, 2.45) is 0 Å². The lowest BCUT2D eigenvalue weighted by Gasteiger charge is -2.25. The number of methoxy groups -OCH3 is 1. The average Bonchev–Trinajstić information content (AvgIpc) is 2.97. The van der Waals surface area contributed by atoms with E-state index in [0.717, 1.165) is 30.2 Å². The second-order valence-electron chi connectivity index (χ2n) is 5.30. The number of likely N-dealkylation sites (tertiary alicyclic amines) is 1. The largest absolute Gasteiger partial charge is 0.497 e. The van der Waals surface area contributed by atoms with Crippen LogP contribution in [0.3, 0.4) is 0 Å². The van der Waals surface area contributed by atoms with Crippen molar-refractivity contribution in [1.82, 2.24) is 9.88 Å². The lowest BCUT2D eigenvalue weighted by Crippen LogP contribution is -2.40. The van der Waals surface area contributed by atoms with E-state index in [9.17, 15) is 9.59 Å². The Bertz CT molecular complexity index is 684. The minimum atomic E-state index is -0.437. The van der Waals surface area contributed by atoms with E-state index in [0.29, 0.717) is 24.4 Å². The Hall–Kier alpha value is -2.30. The Morgan fingerprint density at radius 2 is 1.95 bits per heavy atom. The van der Waals surface area contributed by atoms with Crippen LogP contribution in [-0.2, 0) is 4.79 Å². The second kappa shape index (κ2) is 5.60. The molecule has 1 aromatic heterocycles. The number of aromatic amines is 1. The summed E-state index contributed by atoms with van der Waals surface area (Å²) in [6, 6.07) is 5.41. The fourth-order valence-electron chi connectivity index (χ4n) is 2.78. The quantitative estimate of drug-likeness (QED) is 0.696. The number of carbonyl (C=O) groups excluding carboxylic acids is 2. The van der Waals surface area contributed by atoms with Gasteiger partial charge in [-0.25, -0.2) is 0 Å². The smallest absolute Gasteiger partial charge is 0.295 e. The van der Waals surface area contributed by atoms with Crippen LogP contribution >= 0.6 is 0 Å². The van der Waals surface area contributed by atoms with E-state index in [1.165, 1.54) is 0 Å². The molecule has 0 aliphatic carbocycles. The van der Waals surface area contributed by atoms with Crippen molar-refractivity contribution in [1.29, 1.82) is 0 Å². The first-order valence-corrected chi connectivity index (χ1v) is 7.19. The van der Waals surface area contributed by atoms with Gasteiger partial charge in [-0.05, 0) is 31.4 Å². The molecule has 3 rings (SSSR count). The number of rotatable bonds is 3. The van der Waals surface area contributed by atoms with Crippen LogP contribution in [0, 0.1) is 0 Å². The molecule has 1 aromatic carbocycles. The van der Waals surface area contributed by atoms with Crippen molar-refractivity contribution >= 4 is 22.6 Å². The molecule has 1 fully saturated rings. The van der Waals surface area contributed by atoms with E-state index >= 15 is 0 Å². The van der Waals surface area contributed by atoms with E-state index in [4.69, 9.17) is 4.74 Å². The molecular weight excluding hydrogens is 268 g/mol. The van der Waals surface area contributed by atoms with Gasteiger partial charge < -0.3 is 14.6 Å². The Balaban J connectivity index is 1.89. The predicted molar refractivity (Wildman–Crippen MR) is 79.6 cm³/mol. The second-order valence-corrected chi connectivity index (χ2v) is 5.30. The van der Waals surface area contributed by atoms with Gasteiger partial charge in [0, 0.05) is 36.3 Å². The van der Waals surface area contributed by atoms with Crippen molar-refractivity contribution in [2.45, 2.75) is 19.3 Å². The summed E-state index contributed by atoms with van der Waals surface area (Å²) >= 11 is 0. The van der Waals surface area contributed by atoms with Crippen molar-refractivity contribution in [3.05, 3.63) is 30.0 Å². The standard InChI is InChI=1S/C16H18N2O3/c1-21-11-5-6-12-13(10-17-14(12)9-11)15(19)16(20)18-7-3-2-4-8-18/h5-6,9-10,17H,2-4,7-8H2,1H3. The third kappa shape index (κ3) is 2.51. The summed E-state index contributed by atoms with van der Waals surface area (Å²) in [4.78, 5) is 29.4. The van der Waals surface area contributed by atoms with E-state index in [1.54, 1.807) is 30.3 Å². The molecule has 0 radical (unpaired) electrons. The van der Waals surface area contributed by atoms with Crippen molar-refractivity contribution in [3.8, 4) is 5.75 Å². The molecule has 1 aliphatic rings. The maximum Gasteiger partial charge on any atom is 0.295 e. The molecule has 1 amide bonds. The molecule has 21 heavy (non-hydrogen) atoms. The Labute approximate surface area is 122 Å². The summed E-state index contributed by atoms with van der Waals surface area (Å²) in [7, 11) is 1.59. The zero-order valence-corrected chi connectivity index (χ0v) is 12.0. The molecule has 0 spiro atoms. The highest BCUT2D eigenvalue weighted by Crippen LogP contribution is 2.24. The highest BCUT2D eigenvalue weighted by atomic mass is 16.5. The molecule has 1 N–H and O–H groups in total. The van der Waals surface area contributed by atoms with E-state index in [-0.39, 0.29) is 0 Å². The number of ether oxygens (including phenoxy) is 1. The summed E-state index contributed by atoms with van der Waals surface area (Å²) in [5, 5.41) is 0.756. The van der Waals surface area contributed by atoms with Gasteiger partial charge in [0.25, 0.3) is 11.7 Å². The number of aromatic nitrogens is 1. The van der Waals surface area contributed by atoms with Crippen LogP contribution in [0.1, 0.15) is 29.6 Å². The zero-order valence-electron chi connectivity index (χ0n) is 12.0. The van der Waals surface area contributed by atoms with Gasteiger partial charge in [-0.15, -0.1) is 0 Å². The highest BCUT2D eigenvalue weighted by Gasteiger charge is 2.26. The highest BCUT2D eigenvalue weighted by molar-refractivity contribution is 6.44. The van der Waals surface area contributed by atoms with E-state index < -0.39 is 11.7 Å². The topological polar surface area (TPSA) is 62.4 Å². The molecule has 5 nitrogen and oxygen atoms in total. The lowest BCUT2D eigenvalue weighted by molar-refractivity contribution is -0.127. The number of hydrogen-bond acceptors (Lipinski definition) is 3. The number of H-pyrrole nitrogens is 1. The maximum absolute atomic E-state index is 12.4. The first kappa shape index (κ1) is 13.7. The number of nitrogens with one attached hydrogen (secondary N) is 1. The van der Waals surface area contributed by atoms with Gasteiger partial charge >= 0.3 is 0 Å². The Morgan fingerprint density at radius 3 is 2.67 bits per heavy atom. The molecule has 0 bridgehead atoms. The van der Waals surface area contributed by atoms with Gasteiger partial charge in [0.05, 0.1) is 12.7 Å². The number of ketones is 1. The van der Waals surface area contributed by atoms with Crippen LogP contribution in [0.25, 0.3) is 10.9 Å². The number of fused-ring (bicyclic) bond motifs is 1. The van der Waals surface area contributed by atoms with Crippen molar-refractivity contribution in [2.75, 3.05) is 20.2 Å². The monoisotopic (exact) mass is 286 g/mol. The van der Waals surface area contributed by atoms with Gasteiger partial charge in [-0.1, -0.05) is 0 Å². The average molecular weight is 286 g/mol. The maximum atomic E-state index is 12.4. The van der Waals surface area contributed by atoms with Crippen LogP contribution < -0.4 is 4.74 Å². The van der Waals surface area contributed by atoms with Crippen LogP contribution in [0.5, 0.6) is 5.75 Å². The molecule has 1 saturated heterocycles. The SMILES string of the molecule is COc1ccc2c(C(=O)C(=O)N3CCCCC3)c[nH]c2c1. The first-order valence-electron chi connectivity index (χ1n) is 7.19. The molecule has 0 unspecified atom stereocenters. The Kier molecular flexibility index (Phi) is 3.64. The number of nitrogens with zero attached hydrogens (tertiary/aromatic N) is 1. The first-order chi connectivity index (χ1) is 10.2. The third-order valence-corrected chi connectivity index (χ3v) is 3.97. The molecule has 2 heterocycles. The van der Waals surface area contributed by atoms with Crippen molar-refractivity contribution < 1.29 is 14.3 Å². The molecule has 110 valence electrons. The van der Waals surface area contributed by atoms with Crippen LogP contribution in [0.15, 0.2) is 24.4 Å². The van der Waals surface area contributed by atoms with Crippen LogP contribution in [-0.4, -0.2) is 41.8 Å². The predicted octanol–water partition coefficient (Wildman–Crippen LogP) is 2.37. The minimum absolute atomic E-state index is 0.397. The fraction of sp³-hybridized carbons (Fsp3) is 0.375. The third-order valence-electron chi connectivity index (χ3n) is 3.97. The van der Waals surface area contributed by atoms with Gasteiger partial charge in [0.15, 0.2) is 0 Å². The molecule has 1 aliphatic heterocycles. The van der Waals surface area contributed by atoms with Gasteiger partial charge in [0.2, 0.25) is 0 Å². The molecular formula is C16H18N2O3. The molecule has 2 aromatic rings. The van der Waals surface area contributed by atoms with Crippen LogP contribution in [0.4, 0.5) is 0 Å². The minimum Gasteiger partial charge on any atom is -0.497 e. The summed E-state index contributed by atoms with van der Waals surface area (Å²) in [6.07, 6.45) is 4.69. The number of benzene rings is 1.